The van der Waals surface area contributed by atoms with E-state index in [1.54, 1.807) is 6.92 Å². The summed E-state index contributed by atoms with van der Waals surface area (Å²) >= 11 is 1.40. The molecule has 0 saturated heterocycles. The highest BCUT2D eigenvalue weighted by molar-refractivity contribution is 7.13. The van der Waals surface area contributed by atoms with E-state index >= 15 is 0 Å². The van der Waals surface area contributed by atoms with E-state index < -0.39 is 0 Å². The van der Waals surface area contributed by atoms with Crippen molar-refractivity contribution in [1.82, 2.24) is 4.98 Å². The first kappa shape index (κ1) is 14.1. The number of hydrogen-bond donors (Lipinski definition) is 1. The van der Waals surface area contributed by atoms with Gasteiger partial charge >= 0.3 is 5.97 Å². The average Bonchev–Trinajstić information content (AvgIpc) is 2.73. The molecular weight excluding hydrogens is 236 g/mol. The normalized spacial score (nSPS) is 12.8. The van der Waals surface area contributed by atoms with Crippen molar-refractivity contribution in [3.8, 4) is 0 Å². The molecule has 0 spiro atoms. The fourth-order valence-corrected chi connectivity index (χ4v) is 2.57. The van der Waals surface area contributed by atoms with Gasteiger partial charge in [0.25, 0.3) is 0 Å². The summed E-state index contributed by atoms with van der Waals surface area (Å²) in [6.45, 7) is 8.78. The second-order valence-corrected chi connectivity index (χ2v) is 5.31. The molecule has 4 nitrogen and oxygen atoms in total. The van der Waals surface area contributed by atoms with Gasteiger partial charge in [-0.3, -0.25) is 0 Å². The Morgan fingerprint density at radius 1 is 1.47 bits per heavy atom. The van der Waals surface area contributed by atoms with Gasteiger partial charge < -0.3 is 10.5 Å². The van der Waals surface area contributed by atoms with Gasteiger partial charge in [-0.2, -0.15) is 0 Å². The summed E-state index contributed by atoms with van der Waals surface area (Å²) in [6, 6.07) is 0. The van der Waals surface area contributed by atoms with E-state index in [9.17, 15) is 4.79 Å². The summed E-state index contributed by atoms with van der Waals surface area (Å²) in [7, 11) is 0. The molecule has 5 heteroatoms. The van der Waals surface area contributed by atoms with Crippen molar-refractivity contribution in [3.63, 3.8) is 0 Å². The first-order valence-electron chi connectivity index (χ1n) is 5.89. The Bertz CT molecular complexity index is 388. The lowest BCUT2D eigenvalue weighted by Crippen LogP contribution is -2.08. The van der Waals surface area contributed by atoms with Crippen LogP contribution in [0.3, 0.4) is 0 Å². The van der Waals surface area contributed by atoms with Crippen molar-refractivity contribution < 1.29 is 9.53 Å². The fourth-order valence-electron chi connectivity index (χ4n) is 1.39. The van der Waals surface area contributed by atoms with Crippen LogP contribution in [0.4, 0.5) is 0 Å². The monoisotopic (exact) mass is 256 g/mol. The van der Waals surface area contributed by atoms with Gasteiger partial charge in [-0.1, -0.05) is 20.8 Å². The zero-order valence-corrected chi connectivity index (χ0v) is 11.6. The highest BCUT2D eigenvalue weighted by atomic mass is 32.1. The molecule has 0 radical (unpaired) electrons. The average molecular weight is 256 g/mol. The smallest absolute Gasteiger partial charge is 0.350 e. The van der Waals surface area contributed by atoms with E-state index in [1.165, 1.54) is 11.3 Å². The van der Waals surface area contributed by atoms with Crippen LogP contribution in [0.5, 0.6) is 0 Å². The molecule has 2 N–H and O–H groups in total. The standard InChI is InChI=1S/C12H20N2O2S/c1-5-16-12(15)10-9(7(2)3)14-11(17-10)8(4)6-13/h7-8H,5-6,13H2,1-4H3. The van der Waals surface area contributed by atoms with E-state index in [0.29, 0.717) is 18.0 Å². The number of nitrogens with zero attached hydrogens (tertiary/aromatic N) is 1. The van der Waals surface area contributed by atoms with Crippen molar-refractivity contribution in [2.45, 2.75) is 39.5 Å². The quantitative estimate of drug-likeness (QED) is 0.822. The van der Waals surface area contributed by atoms with Crippen LogP contribution < -0.4 is 5.73 Å². The zero-order chi connectivity index (χ0) is 13.0. The lowest BCUT2D eigenvalue weighted by Gasteiger charge is -2.04. The van der Waals surface area contributed by atoms with Gasteiger partial charge in [-0.25, -0.2) is 9.78 Å². The minimum Gasteiger partial charge on any atom is -0.462 e. The minimum absolute atomic E-state index is 0.181. The van der Waals surface area contributed by atoms with Gasteiger partial charge in [0.1, 0.15) is 4.88 Å². The molecule has 1 atom stereocenters. The summed E-state index contributed by atoms with van der Waals surface area (Å²) < 4.78 is 5.05. The second-order valence-electron chi connectivity index (χ2n) is 4.28. The van der Waals surface area contributed by atoms with Gasteiger partial charge in [0.05, 0.1) is 17.3 Å². The first-order chi connectivity index (χ1) is 8.01. The summed E-state index contributed by atoms with van der Waals surface area (Å²) in [6.07, 6.45) is 0. The molecule has 0 fully saturated rings. The van der Waals surface area contributed by atoms with Crippen molar-refractivity contribution in [2.24, 2.45) is 5.73 Å². The van der Waals surface area contributed by atoms with Crippen LogP contribution in [-0.4, -0.2) is 24.1 Å². The Labute approximate surface area is 106 Å². The molecule has 0 aromatic carbocycles. The Hall–Kier alpha value is -0.940. The third-order valence-corrected chi connectivity index (χ3v) is 3.74. The molecular formula is C12H20N2O2S. The predicted molar refractivity (Wildman–Crippen MR) is 69.6 cm³/mol. The zero-order valence-electron chi connectivity index (χ0n) is 10.8. The molecule has 0 aliphatic carbocycles. The number of nitrogens with two attached hydrogens (primary N) is 1. The van der Waals surface area contributed by atoms with Crippen LogP contribution in [0.25, 0.3) is 0 Å². The number of rotatable bonds is 5. The van der Waals surface area contributed by atoms with Crippen molar-refractivity contribution in [3.05, 3.63) is 15.6 Å². The molecule has 0 saturated carbocycles. The van der Waals surface area contributed by atoms with Gasteiger partial charge in [0, 0.05) is 12.5 Å². The van der Waals surface area contributed by atoms with E-state index in [-0.39, 0.29) is 17.8 Å². The maximum Gasteiger partial charge on any atom is 0.350 e. The van der Waals surface area contributed by atoms with Gasteiger partial charge in [0.2, 0.25) is 0 Å². The lowest BCUT2D eigenvalue weighted by molar-refractivity contribution is 0.0530. The van der Waals surface area contributed by atoms with E-state index in [0.717, 1.165) is 10.7 Å². The maximum atomic E-state index is 11.8. The maximum absolute atomic E-state index is 11.8. The van der Waals surface area contributed by atoms with Crippen LogP contribution >= 0.6 is 11.3 Å². The summed E-state index contributed by atoms with van der Waals surface area (Å²) in [5.74, 6) is 0.120. The molecule has 96 valence electrons. The molecule has 0 aliphatic rings. The molecule has 1 rings (SSSR count). The van der Waals surface area contributed by atoms with Crippen LogP contribution in [0.1, 0.15) is 59.9 Å². The molecule has 17 heavy (non-hydrogen) atoms. The van der Waals surface area contributed by atoms with Crippen molar-refractivity contribution >= 4 is 17.3 Å². The molecule has 0 bridgehead atoms. The summed E-state index contributed by atoms with van der Waals surface area (Å²) in [4.78, 5) is 17.0. The summed E-state index contributed by atoms with van der Waals surface area (Å²) in [5, 5.41) is 0.916. The predicted octanol–water partition coefficient (Wildman–Crippen LogP) is 2.51. The highest BCUT2D eigenvalue weighted by Gasteiger charge is 2.22. The topological polar surface area (TPSA) is 65.2 Å². The van der Waals surface area contributed by atoms with E-state index in [1.807, 2.05) is 20.8 Å². The molecule has 1 unspecified atom stereocenters. The SMILES string of the molecule is CCOC(=O)c1sc(C(C)CN)nc1C(C)C. The Balaban J connectivity index is 3.09. The molecule has 1 aromatic heterocycles. The largest absolute Gasteiger partial charge is 0.462 e. The van der Waals surface area contributed by atoms with E-state index in [4.69, 9.17) is 10.5 Å². The first-order valence-corrected chi connectivity index (χ1v) is 6.70. The lowest BCUT2D eigenvalue weighted by atomic mass is 10.1. The summed E-state index contributed by atoms with van der Waals surface area (Å²) in [5.41, 5.74) is 6.45. The number of thiazole rings is 1. The van der Waals surface area contributed by atoms with Crippen LogP contribution in [0, 0.1) is 0 Å². The van der Waals surface area contributed by atoms with Crippen LogP contribution in [0.15, 0.2) is 0 Å². The fraction of sp³-hybridized carbons (Fsp3) is 0.667. The highest BCUT2D eigenvalue weighted by Crippen LogP contribution is 2.29. The van der Waals surface area contributed by atoms with Gasteiger partial charge in [0.15, 0.2) is 0 Å². The Morgan fingerprint density at radius 3 is 2.59 bits per heavy atom. The number of carbonyl (C=O) groups excluding carboxylic acids is 1. The Morgan fingerprint density at radius 2 is 2.12 bits per heavy atom. The number of carbonyl (C=O) groups is 1. The number of hydrogen-bond acceptors (Lipinski definition) is 5. The molecule has 1 aromatic rings. The van der Waals surface area contributed by atoms with E-state index in [2.05, 4.69) is 4.98 Å². The third-order valence-electron chi connectivity index (χ3n) is 2.45. The van der Waals surface area contributed by atoms with Gasteiger partial charge in [-0.05, 0) is 12.8 Å². The number of aromatic nitrogens is 1. The van der Waals surface area contributed by atoms with Crippen LogP contribution in [-0.2, 0) is 4.74 Å². The minimum atomic E-state index is -0.274. The Kier molecular flexibility index (Phi) is 5.08. The molecule has 0 aliphatic heterocycles. The molecule has 1 heterocycles. The van der Waals surface area contributed by atoms with Crippen LogP contribution in [0.2, 0.25) is 0 Å². The molecule has 0 amide bonds. The third kappa shape index (κ3) is 3.26. The van der Waals surface area contributed by atoms with Crippen molar-refractivity contribution in [1.29, 1.82) is 0 Å². The number of ether oxygens (including phenoxy) is 1. The van der Waals surface area contributed by atoms with Crippen molar-refractivity contribution in [2.75, 3.05) is 13.2 Å². The van der Waals surface area contributed by atoms with Gasteiger partial charge in [-0.15, -0.1) is 11.3 Å². The number of esters is 1. The second kappa shape index (κ2) is 6.12.